The number of rotatable bonds is 3. The van der Waals surface area contributed by atoms with Crippen molar-refractivity contribution in [1.29, 1.82) is 0 Å². The summed E-state index contributed by atoms with van der Waals surface area (Å²) in [6.07, 6.45) is 4.89. The summed E-state index contributed by atoms with van der Waals surface area (Å²) in [5, 5.41) is 0. The smallest absolute Gasteiger partial charge is 0.255 e. The number of ether oxygens (including phenoxy) is 2. The van der Waals surface area contributed by atoms with Gasteiger partial charge < -0.3 is 14.4 Å². The third kappa shape index (κ3) is 3.13. The lowest BCUT2D eigenvalue weighted by molar-refractivity contribution is 0.00172. The second-order valence-corrected chi connectivity index (χ2v) is 7.59. The number of nitrogens with zero attached hydrogens (tertiary/aromatic N) is 5. The van der Waals surface area contributed by atoms with E-state index in [1.807, 2.05) is 6.07 Å². The summed E-state index contributed by atoms with van der Waals surface area (Å²) in [6.45, 7) is 1.25. The molecule has 0 unspecified atom stereocenters. The largest absolute Gasteiger partial charge is 0.497 e. The Morgan fingerprint density at radius 1 is 1.20 bits per heavy atom. The summed E-state index contributed by atoms with van der Waals surface area (Å²) >= 11 is 0. The zero-order chi connectivity index (χ0) is 20.7. The van der Waals surface area contributed by atoms with Crippen LogP contribution in [0.2, 0.25) is 0 Å². The van der Waals surface area contributed by atoms with E-state index in [0.29, 0.717) is 30.5 Å². The van der Waals surface area contributed by atoms with Crippen LogP contribution < -0.4 is 15.2 Å². The van der Waals surface area contributed by atoms with Crippen molar-refractivity contribution < 1.29 is 9.47 Å². The molecule has 5 rings (SSSR count). The highest BCUT2D eigenvalue weighted by Crippen LogP contribution is 2.40. The third-order valence-corrected chi connectivity index (χ3v) is 5.96. The lowest BCUT2D eigenvalue weighted by atomic mass is 9.84. The molecule has 30 heavy (non-hydrogen) atoms. The van der Waals surface area contributed by atoms with Crippen LogP contribution in [0, 0.1) is 0 Å². The van der Waals surface area contributed by atoms with Gasteiger partial charge in [0.1, 0.15) is 18.2 Å². The van der Waals surface area contributed by atoms with Crippen molar-refractivity contribution in [2.24, 2.45) is 7.05 Å². The molecular weight excluding hydrogens is 382 g/mol. The van der Waals surface area contributed by atoms with Crippen molar-refractivity contribution >= 4 is 5.95 Å². The first-order valence-electron chi connectivity index (χ1n) is 10.0. The zero-order valence-corrected chi connectivity index (χ0v) is 17.0. The molecule has 8 heteroatoms. The van der Waals surface area contributed by atoms with Gasteiger partial charge in [0, 0.05) is 25.9 Å². The second kappa shape index (κ2) is 7.53. The Bertz CT molecular complexity index is 1130. The van der Waals surface area contributed by atoms with E-state index in [1.54, 1.807) is 31.0 Å². The van der Waals surface area contributed by atoms with Gasteiger partial charge in [0.25, 0.3) is 5.56 Å². The molecule has 8 nitrogen and oxygen atoms in total. The maximum Gasteiger partial charge on any atom is 0.255 e. The van der Waals surface area contributed by atoms with Crippen LogP contribution in [0.4, 0.5) is 5.95 Å². The Hall–Kier alpha value is -3.26. The Morgan fingerprint density at radius 3 is 2.90 bits per heavy atom. The number of hydrogen-bond acceptors (Lipinski definition) is 7. The first-order chi connectivity index (χ1) is 14.7. The van der Waals surface area contributed by atoms with Gasteiger partial charge in [-0.3, -0.25) is 9.36 Å². The first-order valence-corrected chi connectivity index (χ1v) is 10.0. The summed E-state index contributed by atoms with van der Waals surface area (Å²) in [7, 11) is 3.45. The van der Waals surface area contributed by atoms with Crippen molar-refractivity contribution in [3.63, 3.8) is 0 Å². The molecule has 3 aromatic rings. The lowest BCUT2D eigenvalue weighted by Crippen LogP contribution is -2.51. The molecule has 1 aliphatic carbocycles. The van der Waals surface area contributed by atoms with Gasteiger partial charge in [-0.2, -0.15) is 0 Å². The zero-order valence-electron chi connectivity index (χ0n) is 17.0. The van der Waals surface area contributed by atoms with Gasteiger partial charge in [-0.15, -0.1) is 0 Å². The topological polar surface area (TPSA) is 82.4 Å². The van der Waals surface area contributed by atoms with Gasteiger partial charge in [-0.05, 0) is 42.2 Å². The molecule has 0 amide bonds. The molecule has 1 aromatic carbocycles. The van der Waals surface area contributed by atoms with Crippen LogP contribution >= 0.6 is 0 Å². The highest BCUT2D eigenvalue weighted by Gasteiger charge is 2.39. The van der Waals surface area contributed by atoms with E-state index in [1.165, 1.54) is 23.5 Å². The van der Waals surface area contributed by atoms with Crippen molar-refractivity contribution in [1.82, 2.24) is 19.5 Å². The summed E-state index contributed by atoms with van der Waals surface area (Å²) in [5.74, 6) is 1.51. The SMILES string of the molecule is COc1ccc2c(c1)CC[C@@H]1[C@@H]2OCCN1c1nc(-c2ccncn2)cc(=O)n1C. The number of aryl methyl sites for hydroxylation is 1. The highest BCUT2D eigenvalue weighted by molar-refractivity contribution is 5.55. The fourth-order valence-corrected chi connectivity index (χ4v) is 4.44. The maximum atomic E-state index is 12.7. The minimum atomic E-state index is -0.113. The van der Waals surface area contributed by atoms with Crippen LogP contribution in [0.1, 0.15) is 23.7 Å². The fourth-order valence-electron chi connectivity index (χ4n) is 4.44. The Balaban J connectivity index is 1.55. The Labute approximate surface area is 174 Å². The van der Waals surface area contributed by atoms with Crippen molar-refractivity contribution in [3.8, 4) is 17.1 Å². The number of anilines is 1. The van der Waals surface area contributed by atoms with E-state index >= 15 is 0 Å². The lowest BCUT2D eigenvalue weighted by Gasteiger charge is -2.45. The molecule has 0 radical (unpaired) electrons. The molecule has 2 atom stereocenters. The van der Waals surface area contributed by atoms with E-state index in [2.05, 4.69) is 27.0 Å². The van der Waals surface area contributed by atoms with E-state index in [0.717, 1.165) is 18.6 Å². The highest BCUT2D eigenvalue weighted by atomic mass is 16.5. The third-order valence-electron chi connectivity index (χ3n) is 5.96. The predicted octanol–water partition coefficient (Wildman–Crippen LogP) is 2.14. The molecule has 3 heterocycles. The van der Waals surface area contributed by atoms with Crippen LogP contribution in [0.5, 0.6) is 5.75 Å². The van der Waals surface area contributed by atoms with E-state index in [-0.39, 0.29) is 17.7 Å². The van der Waals surface area contributed by atoms with Crippen LogP contribution in [0.25, 0.3) is 11.4 Å². The Morgan fingerprint density at radius 2 is 2.10 bits per heavy atom. The Kier molecular flexibility index (Phi) is 4.71. The van der Waals surface area contributed by atoms with Crippen LogP contribution in [-0.4, -0.2) is 45.8 Å². The number of benzene rings is 1. The van der Waals surface area contributed by atoms with Crippen LogP contribution in [0.3, 0.4) is 0 Å². The van der Waals surface area contributed by atoms with E-state index < -0.39 is 0 Å². The fraction of sp³-hybridized carbons (Fsp3) is 0.364. The summed E-state index contributed by atoms with van der Waals surface area (Å²) in [6, 6.07) is 9.56. The maximum absolute atomic E-state index is 12.7. The molecule has 0 bridgehead atoms. The molecule has 0 saturated carbocycles. The van der Waals surface area contributed by atoms with Crippen LogP contribution in [-0.2, 0) is 18.2 Å². The molecule has 1 saturated heterocycles. The second-order valence-electron chi connectivity index (χ2n) is 7.59. The van der Waals surface area contributed by atoms with Gasteiger partial charge in [0.2, 0.25) is 5.95 Å². The summed E-state index contributed by atoms with van der Waals surface area (Å²) in [5.41, 5.74) is 3.52. The molecular formula is C22H23N5O3. The minimum absolute atomic E-state index is 0.0620. The summed E-state index contributed by atoms with van der Waals surface area (Å²) < 4.78 is 13.2. The van der Waals surface area contributed by atoms with Gasteiger partial charge in [0.15, 0.2) is 0 Å². The number of hydrogen-bond donors (Lipinski definition) is 0. The molecule has 154 valence electrons. The van der Waals surface area contributed by atoms with Gasteiger partial charge in [-0.25, -0.2) is 15.0 Å². The minimum Gasteiger partial charge on any atom is -0.497 e. The molecule has 1 aliphatic heterocycles. The first kappa shape index (κ1) is 18.7. The standard InChI is InChI=1S/C22H23N5O3/c1-26-20(28)12-18(17-7-8-23-13-24-17)25-22(26)27-9-10-30-21-16-5-4-15(29-2)11-14(16)3-6-19(21)27/h4-5,7-8,11-13,19,21H,3,6,9-10H2,1-2H3/t19-,21-/m1/s1. The molecule has 0 spiro atoms. The molecule has 2 aromatic heterocycles. The number of fused-ring (bicyclic) bond motifs is 3. The van der Waals surface area contributed by atoms with Crippen LogP contribution in [0.15, 0.2) is 47.7 Å². The number of methoxy groups -OCH3 is 1. The molecule has 1 fully saturated rings. The molecule has 2 aliphatic rings. The van der Waals surface area contributed by atoms with Crippen molar-refractivity contribution in [3.05, 3.63) is 64.3 Å². The van der Waals surface area contributed by atoms with E-state index in [9.17, 15) is 4.79 Å². The van der Waals surface area contributed by atoms with Gasteiger partial charge >= 0.3 is 0 Å². The van der Waals surface area contributed by atoms with Crippen molar-refractivity contribution in [2.45, 2.75) is 25.0 Å². The summed E-state index contributed by atoms with van der Waals surface area (Å²) in [4.78, 5) is 28.0. The van der Waals surface area contributed by atoms with Gasteiger partial charge in [-0.1, -0.05) is 6.07 Å². The molecule has 0 N–H and O–H groups in total. The van der Waals surface area contributed by atoms with E-state index in [4.69, 9.17) is 14.5 Å². The average molecular weight is 405 g/mol. The quantitative estimate of drug-likeness (QED) is 0.660. The number of morpholine rings is 1. The van der Waals surface area contributed by atoms with Crippen molar-refractivity contribution in [2.75, 3.05) is 25.2 Å². The monoisotopic (exact) mass is 405 g/mol. The van der Waals surface area contributed by atoms with Gasteiger partial charge in [0.05, 0.1) is 31.1 Å². The average Bonchev–Trinajstić information content (AvgIpc) is 2.80. The number of aromatic nitrogens is 4. The predicted molar refractivity (Wildman–Crippen MR) is 112 cm³/mol. The normalized spacial score (nSPS) is 20.4.